The molecule has 1 aliphatic carbocycles. The van der Waals surface area contributed by atoms with Crippen LogP contribution in [0.5, 0.6) is 0 Å². The molecule has 0 bridgehead atoms. The minimum Gasteiger partial charge on any atom is -0.374 e. The minimum absolute atomic E-state index is 0.153. The number of carbonyl (C=O) groups is 2. The smallest absolute Gasteiger partial charge is 0.244 e. The summed E-state index contributed by atoms with van der Waals surface area (Å²) in [6, 6.07) is 9.98. The molecular weight excluding hydrogens is 401 g/mol. The van der Waals surface area contributed by atoms with Gasteiger partial charge in [-0.15, -0.1) is 0 Å². The van der Waals surface area contributed by atoms with Crippen LogP contribution in [0, 0.1) is 0 Å². The summed E-state index contributed by atoms with van der Waals surface area (Å²) in [6.45, 7) is 0.587. The van der Waals surface area contributed by atoms with Gasteiger partial charge in [-0.3, -0.25) is 9.59 Å². The Bertz CT molecular complexity index is 702. The first kappa shape index (κ1) is 21.2. The number of hydrogen-bond donors (Lipinski definition) is 0. The van der Waals surface area contributed by atoms with Crippen LogP contribution in [0.4, 0.5) is 0 Å². The number of hydrogen-bond acceptors (Lipinski definition) is 5. The maximum Gasteiger partial charge on any atom is 0.244 e. The summed E-state index contributed by atoms with van der Waals surface area (Å²) in [5.41, 5.74) is 1.14. The van der Waals surface area contributed by atoms with E-state index in [4.69, 9.17) is 27.2 Å². The molecule has 1 saturated heterocycles. The van der Waals surface area contributed by atoms with Gasteiger partial charge in [0.15, 0.2) is 0 Å². The predicted molar refractivity (Wildman–Crippen MR) is 99.0 cm³/mol. The first-order valence-electron chi connectivity index (χ1n) is 8.38. The van der Waals surface area contributed by atoms with Crippen molar-refractivity contribution in [3.05, 3.63) is 35.9 Å². The molecule has 1 aliphatic heterocycles. The molecule has 0 unspecified atom stereocenters. The number of imide groups is 1. The summed E-state index contributed by atoms with van der Waals surface area (Å²) in [4.78, 5) is 20.7. The minimum atomic E-state index is -3.40. The highest BCUT2D eigenvalue weighted by Crippen LogP contribution is 2.28. The number of rotatable bonds is 4. The molecular formula is C17H21Cl2NO5S. The molecule has 0 aromatic heterocycles. The van der Waals surface area contributed by atoms with Gasteiger partial charge in [0.1, 0.15) is 0 Å². The van der Waals surface area contributed by atoms with E-state index in [1.807, 2.05) is 30.3 Å². The highest BCUT2D eigenvalue weighted by molar-refractivity contribution is 8.14. The monoisotopic (exact) mass is 421 g/mol. The van der Waals surface area contributed by atoms with E-state index in [0.29, 0.717) is 23.9 Å². The Labute approximate surface area is 162 Å². The zero-order valence-electron chi connectivity index (χ0n) is 14.1. The molecule has 9 heteroatoms. The number of carbonyl (C=O) groups excluding carboxylic acids is 2. The summed E-state index contributed by atoms with van der Waals surface area (Å²) in [6.07, 6.45) is 3.42. The predicted octanol–water partition coefficient (Wildman–Crippen LogP) is 3.37. The normalized spacial score (nSPS) is 23.5. The number of benzene rings is 1. The van der Waals surface area contributed by atoms with Crippen molar-refractivity contribution in [2.75, 3.05) is 0 Å². The molecule has 1 saturated carbocycles. The Balaban J connectivity index is 0.000000254. The van der Waals surface area contributed by atoms with Crippen molar-refractivity contribution in [2.45, 2.75) is 56.5 Å². The molecule has 0 N–H and O–H groups in total. The first-order valence-corrected chi connectivity index (χ1v) is 11.1. The van der Waals surface area contributed by atoms with Crippen molar-refractivity contribution in [1.82, 2.24) is 4.42 Å². The largest absolute Gasteiger partial charge is 0.374 e. The van der Waals surface area contributed by atoms with Crippen molar-refractivity contribution in [2.24, 2.45) is 0 Å². The van der Waals surface area contributed by atoms with Crippen LogP contribution in [0.1, 0.15) is 44.1 Å². The van der Waals surface area contributed by atoms with Crippen LogP contribution in [0.25, 0.3) is 0 Å². The SMILES string of the molecule is O=C1CCC(=O)N1Cl.O=S(=O)(Cl)C1CCC(OCc2ccccc2)CC1. The van der Waals surface area contributed by atoms with Gasteiger partial charge in [0.25, 0.3) is 0 Å². The summed E-state index contributed by atoms with van der Waals surface area (Å²) in [5.74, 6) is -0.590. The number of halogens is 2. The fourth-order valence-electron chi connectivity index (χ4n) is 2.82. The van der Waals surface area contributed by atoms with E-state index in [2.05, 4.69) is 0 Å². The molecule has 0 atom stereocenters. The van der Waals surface area contributed by atoms with Gasteiger partial charge in [-0.25, -0.2) is 8.42 Å². The zero-order chi connectivity index (χ0) is 19.2. The molecule has 1 heterocycles. The highest BCUT2D eigenvalue weighted by Gasteiger charge is 2.29. The van der Waals surface area contributed by atoms with E-state index in [1.54, 1.807) is 0 Å². The van der Waals surface area contributed by atoms with E-state index in [-0.39, 0.29) is 30.8 Å². The molecule has 0 radical (unpaired) electrons. The third kappa shape index (κ3) is 6.54. The van der Waals surface area contributed by atoms with Gasteiger partial charge < -0.3 is 4.74 Å². The molecule has 0 spiro atoms. The van der Waals surface area contributed by atoms with Crippen LogP contribution >= 0.6 is 22.5 Å². The summed E-state index contributed by atoms with van der Waals surface area (Å²) in [7, 11) is 1.96. The van der Waals surface area contributed by atoms with Gasteiger partial charge in [-0.05, 0) is 31.2 Å². The summed E-state index contributed by atoms with van der Waals surface area (Å²) < 4.78 is 28.8. The lowest BCUT2D eigenvalue weighted by Gasteiger charge is -2.26. The second-order valence-corrected chi connectivity index (χ2v) is 9.49. The molecule has 144 valence electrons. The molecule has 2 aliphatic rings. The van der Waals surface area contributed by atoms with E-state index in [9.17, 15) is 18.0 Å². The Morgan fingerprint density at radius 1 is 1.00 bits per heavy atom. The van der Waals surface area contributed by atoms with E-state index in [0.717, 1.165) is 18.4 Å². The van der Waals surface area contributed by atoms with Gasteiger partial charge >= 0.3 is 0 Å². The fourth-order valence-corrected chi connectivity index (χ4v) is 4.36. The second kappa shape index (κ2) is 9.69. The summed E-state index contributed by atoms with van der Waals surface area (Å²) in [5, 5.41) is -0.393. The molecule has 2 amide bonds. The standard InChI is InChI=1S/C13H17ClO3S.C4H4ClNO2/c14-18(15,16)13-8-6-12(7-9-13)17-10-11-4-2-1-3-5-11;5-6-3(7)1-2-4(6)8/h1-5,12-13H,6-10H2;1-2H2. The third-order valence-corrected chi connectivity index (χ3v) is 6.74. The topological polar surface area (TPSA) is 80.8 Å². The van der Waals surface area contributed by atoms with Crippen molar-refractivity contribution in [3.63, 3.8) is 0 Å². The zero-order valence-corrected chi connectivity index (χ0v) is 16.5. The quantitative estimate of drug-likeness (QED) is 0.422. The van der Waals surface area contributed by atoms with Crippen molar-refractivity contribution in [1.29, 1.82) is 0 Å². The average molecular weight is 422 g/mol. The van der Waals surface area contributed by atoms with Gasteiger partial charge in [0.05, 0.1) is 18.0 Å². The fraction of sp³-hybridized carbons (Fsp3) is 0.529. The lowest BCUT2D eigenvalue weighted by Crippen LogP contribution is -2.28. The van der Waals surface area contributed by atoms with Gasteiger partial charge in [-0.2, -0.15) is 4.42 Å². The molecule has 6 nitrogen and oxygen atoms in total. The van der Waals surface area contributed by atoms with Crippen molar-refractivity contribution >= 4 is 43.3 Å². The lowest BCUT2D eigenvalue weighted by molar-refractivity contribution is -0.132. The van der Waals surface area contributed by atoms with Gasteiger partial charge in [-0.1, -0.05) is 30.3 Å². The molecule has 1 aromatic rings. The second-order valence-electron chi connectivity index (χ2n) is 6.24. The van der Waals surface area contributed by atoms with Gasteiger partial charge in [0.2, 0.25) is 20.9 Å². The average Bonchev–Trinajstić information content (AvgIpc) is 2.92. The number of nitrogens with zero attached hydrogens (tertiary/aromatic N) is 1. The van der Waals surface area contributed by atoms with E-state index in [1.165, 1.54) is 0 Å². The molecule has 26 heavy (non-hydrogen) atoms. The molecule has 1 aromatic carbocycles. The Morgan fingerprint density at radius 3 is 1.96 bits per heavy atom. The van der Waals surface area contributed by atoms with Crippen LogP contribution in [0.15, 0.2) is 30.3 Å². The number of amides is 2. The van der Waals surface area contributed by atoms with Crippen LogP contribution in [0.2, 0.25) is 0 Å². The van der Waals surface area contributed by atoms with Crippen LogP contribution in [0.3, 0.4) is 0 Å². The lowest BCUT2D eigenvalue weighted by atomic mass is 9.97. The van der Waals surface area contributed by atoms with Crippen LogP contribution < -0.4 is 0 Å². The van der Waals surface area contributed by atoms with Crippen molar-refractivity contribution < 1.29 is 22.7 Å². The van der Waals surface area contributed by atoms with Crippen LogP contribution in [-0.2, 0) is 30.0 Å². The number of ether oxygens (including phenoxy) is 1. The first-order chi connectivity index (χ1) is 12.3. The van der Waals surface area contributed by atoms with Gasteiger partial charge in [0, 0.05) is 35.3 Å². The molecule has 3 rings (SSSR count). The highest BCUT2D eigenvalue weighted by atomic mass is 35.7. The summed E-state index contributed by atoms with van der Waals surface area (Å²) >= 11 is 5.15. The Morgan fingerprint density at radius 2 is 1.54 bits per heavy atom. The third-order valence-electron chi connectivity index (χ3n) is 4.34. The Kier molecular flexibility index (Phi) is 7.88. The maximum atomic E-state index is 11.2. The Hall–Kier alpha value is -1.15. The van der Waals surface area contributed by atoms with E-state index < -0.39 is 14.3 Å². The maximum absolute atomic E-state index is 11.2. The van der Waals surface area contributed by atoms with Crippen LogP contribution in [-0.4, -0.2) is 36.0 Å². The van der Waals surface area contributed by atoms with Crippen molar-refractivity contribution in [3.8, 4) is 0 Å². The molecule has 2 fully saturated rings. The van der Waals surface area contributed by atoms with E-state index >= 15 is 0 Å².